The lowest BCUT2D eigenvalue weighted by atomic mass is 9.87. The second-order valence-electron chi connectivity index (χ2n) is 5.80. The second kappa shape index (κ2) is 7.11. The topological polar surface area (TPSA) is 29.1 Å². The Bertz CT molecular complexity index is 539. The summed E-state index contributed by atoms with van der Waals surface area (Å²) in [6.07, 6.45) is 6.36. The molecule has 0 saturated heterocycles. The number of hydrogen-bond acceptors (Lipinski definition) is 1. The Hall–Kier alpha value is -1.59. The van der Waals surface area contributed by atoms with Crippen LogP contribution in [-0.2, 0) is 0 Å². The third-order valence-corrected chi connectivity index (χ3v) is 4.27. The van der Waals surface area contributed by atoms with Crippen molar-refractivity contribution in [2.45, 2.75) is 45.4 Å². The number of carbonyl (C=O) groups excluding carboxylic acids is 1. The van der Waals surface area contributed by atoms with E-state index >= 15 is 0 Å². The second-order valence-corrected chi connectivity index (χ2v) is 5.80. The van der Waals surface area contributed by atoms with E-state index < -0.39 is 40.3 Å². The fraction of sp³-hybridized carbons (Fsp3) is 0.562. The Kier molecular flexibility index (Phi) is 5.42. The van der Waals surface area contributed by atoms with Crippen LogP contribution in [0.3, 0.4) is 0 Å². The minimum atomic E-state index is -1.65. The van der Waals surface area contributed by atoms with Crippen LogP contribution in [0.15, 0.2) is 0 Å². The van der Waals surface area contributed by atoms with Gasteiger partial charge in [0, 0.05) is 12.1 Å². The zero-order chi connectivity index (χ0) is 16.3. The van der Waals surface area contributed by atoms with Gasteiger partial charge in [-0.3, -0.25) is 4.79 Å². The van der Waals surface area contributed by atoms with Gasteiger partial charge in [-0.25, -0.2) is 17.6 Å². The number of carbonyl (C=O) groups is 1. The van der Waals surface area contributed by atoms with Crippen molar-refractivity contribution in [2.75, 3.05) is 6.54 Å². The van der Waals surface area contributed by atoms with Crippen molar-refractivity contribution >= 4 is 5.91 Å². The van der Waals surface area contributed by atoms with Gasteiger partial charge in [-0.15, -0.1) is 0 Å². The largest absolute Gasteiger partial charge is 0.352 e. The lowest BCUT2D eigenvalue weighted by Crippen LogP contribution is -2.29. The van der Waals surface area contributed by atoms with Crippen LogP contribution in [0.4, 0.5) is 17.6 Å². The fourth-order valence-corrected chi connectivity index (χ4v) is 2.89. The van der Waals surface area contributed by atoms with Crippen LogP contribution < -0.4 is 5.32 Å². The number of rotatable bonds is 4. The molecule has 0 unspecified atom stereocenters. The zero-order valence-electron chi connectivity index (χ0n) is 12.4. The average Bonchev–Trinajstić information content (AvgIpc) is 2.52. The third kappa shape index (κ3) is 3.42. The predicted octanol–water partition coefficient (Wildman–Crippen LogP) is 4.25. The first-order valence-electron chi connectivity index (χ1n) is 7.54. The van der Waals surface area contributed by atoms with Crippen molar-refractivity contribution in [2.24, 2.45) is 5.92 Å². The first kappa shape index (κ1) is 16.8. The molecule has 0 aliphatic heterocycles. The van der Waals surface area contributed by atoms with E-state index in [0.29, 0.717) is 12.3 Å². The van der Waals surface area contributed by atoms with Crippen molar-refractivity contribution in [1.82, 2.24) is 5.32 Å². The molecule has 0 spiro atoms. The summed E-state index contributed by atoms with van der Waals surface area (Å²) in [7, 11) is 0. The van der Waals surface area contributed by atoms with Crippen molar-refractivity contribution in [3.8, 4) is 0 Å². The molecule has 1 aliphatic rings. The Morgan fingerprint density at radius 1 is 1.00 bits per heavy atom. The standard InChI is InChI=1S/C16H19F4NO/c1-9-12(17)14(19)11(15(20)13(9)18)16(22)21-8-7-10-5-3-2-4-6-10/h10H,2-8H2,1H3,(H,21,22). The van der Waals surface area contributed by atoms with Crippen molar-refractivity contribution in [3.05, 3.63) is 34.4 Å². The summed E-state index contributed by atoms with van der Waals surface area (Å²) < 4.78 is 54.3. The average molecular weight is 317 g/mol. The van der Waals surface area contributed by atoms with Gasteiger partial charge in [0.25, 0.3) is 5.91 Å². The molecule has 0 radical (unpaired) electrons. The summed E-state index contributed by atoms with van der Waals surface area (Å²) in [6, 6.07) is 0. The molecule has 0 heterocycles. The molecule has 22 heavy (non-hydrogen) atoms. The molecule has 1 aromatic carbocycles. The SMILES string of the molecule is Cc1c(F)c(F)c(C(=O)NCCC2CCCCC2)c(F)c1F. The number of halogens is 4. The number of benzene rings is 1. The van der Waals surface area contributed by atoms with Gasteiger partial charge in [0.2, 0.25) is 0 Å². The van der Waals surface area contributed by atoms with Crippen LogP contribution in [0, 0.1) is 36.1 Å². The minimum Gasteiger partial charge on any atom is -0.352 e. The summed E-state index contributed by atoms with van der Waals surface area (Å²) in [5.41, 5.74) is -1.96. The van der Waals surface area contributed by atoms with Gasteiger partial charge in [0.15, 0.2) is 23.3 Å². The van der Waals surface area contributed by atoms with E-state index in [-0.39, 0.29) is 6.54 Å². The van der Waals surface area contributed by atoms with Gasteiger partial charge in [0.05, 0.1) is 0 Å². The molecule has 0 aromatic heterocycles. The van der Waals surface area contributed by atoms with Crippen LogP contribution in [0.2, 0.25) is 0 Å². The first-order chi connectivity index (χ1) is 10.4. The monoisotopic (exact) mass is 317 g/mol. The lowest BCUT2D eigenvalue weighted by Gasteiger charge is -2.21. The van der Waals surface area contributed by atoms with Gasteiger partial charge in [-0.2, -0.15) is 0 Å². The Morgan fingerprint density at radius 2 is 1.55 bits per heavy atom. The van der Waals surface area contributed by atoms with Gasteiger partial charge < -0.3 is 5.32 Å². The van der Waals surface area contributed by atoms with Crippen LogP contribution >= 0.6 is 0 Å². The quantitative estimate of drug-likeness (QED) is 0.653. The highest BCUT2D eigenvalue weighted by Crippen LogP contribution is 2.26. The van der Waals surface area contributed by atoms with Crippen LogP contribution in [0.1, 0.15) is 54.4 Å². The van der Waals surface area contributed by atoms with Crippen LogP contribution in [0.5, 0.6) is 0 Å². The van der Waals surface area contributed by atoms with Gasteiger partial charge in [0.1, 0.15) is 5.56 Å². The van der Waals surface area contributed by atoms with E-state index in [1.54, 1.807) is 0 Å². The lowest BCUT2D eigenvalue weighted by molar-refractivity contribution is 0.0939. The van der Waals surface area contributed by atoms with E-state index in [1.165, 1.54) is 6.42 Å². The smallest absolute Gasteiger partial charge is 0.257 e. The molecule has 122 valence electrons. The van der Waals surface area contributed by atoms with E-state index in [9.17, 15) is 22.4 Å². The molecule has 2 nitrogen and oxygen atoms in total. The van der Waals surface area contributed by atoms with Crippen molar-refractivity contribution < 1.29 is 22.4 Å². The summed E-state index contributed by atoms with van der Waals surface area (Å²) >= 11 is 0. The highest BCUT2D eigenvalue weighted by molar-refractivity contribution is 5.94. The van der Waals surface area contributed by atoms with Gasteiger partial charge >= 0.3 is 0 Å². The van der Waals surface area contributed by atoms with E-state index in [1.807, 2.05) is 0 Å². The molecule has 0 bridgehead atoms. The molecule has 2 rings (SSSR count). The number of nitrogens with one attached hydrogen (secondary N) is 1. The maximum Gasteiger partial charge on any atom is 0.257 e. The van der Waals surface area contributed by atoms with Crippen LogP contribution in [-0.4, -0.2) is 12.5 Å². The maximum absolute atomic E-state index is 13.7. The fourth-order valence-electron chi connectivity index (χ4n) is 2.89. The highest BCUT2D eigenvalue weighted by atomic mass is 19.2. The first-order valence-corrected chi connectivity index (χ1v) is 7.54. The Labute approximate surface area is 126 Å². The number of amides is 1. The van der Waals surface area contributed by atoms with Crippen LogP contribution in [0.25, 0.3) is 0 Å². The predicted molar refractivity (Wildman–Crippen MR) is 74.5 cm³/mol. The molecule has 1 aromatic rings. The van der Waals surface area contributed by atoms with Gasteiger partial charge in [-0.05, 0) is 19.3 Å². The Balaban J connectivity index is 2.03. The minimum absolute atomic E-state index is 0.236. The molecule has 1 amide bonds. The molecule has 1 fully saturated rings. The van der Waals surface area contributed by atoms with Gasteiger partial charge in [-0.1, -0.05) is 32.1 Å². The normalized spacial score (nSPS) is 15.9. The molecule has 1 aliphatic carbocycles. The van der Waals surface area contributed by atoms with E-state index in [4.69, 9.17) is 0 Å². The summed E-state index contributed by atoms with van der Waals surface area (Å²) in [6.45, 7) is 1.15. The summed E-state index contributed by atoms with van der Waals surface area (Å²) in [4.78, 5) is 11.8. The molecule has 1 N–H and O–H groups in total. The molecular weight excluding hydrogens is 298 g/mol. The zero-order valence-corrected chi connectivity index (χ0v) is 12.4. The van der Waals surface area contributed by atoms with E-state index in [0.717, 1.165) is 32.6 Å². The molecular formula is C16H19F4NO. The maximum atomic E-state index is 13.7. The number of hydrogen-bond donors (Lipinski definition) is 1. The van der Waals surface area contributed by atoms with E-state index in [2.05, 4.69) is 5.32 Å². The molecule has 1 saturated carbocycles. The highest BCUT2D eigenvalue weighted by Gasteiger charge is 2.27. The summed E-state index contributed by atoms with van der Waals surface area (Å²) in [5.74, 6) is -7.00. The third-order valence-electron chi connectivity index (χ3n) is 4.27. The molecule has 6 heteroatoms. The Morgan fingerprint density at radius 3 is 2.09 bits per heavy atom. The van der Waals surface area contributed by atoms with Crippen molar-refractivity contribution in [1.29, 1.82) is 0 Å². The van der Waals surface area contributed by atoms with Crippen molar-refractivity contribution in [3.63, 3.8) is 0 Å². The molecule has 0 atom stereocenters. The summed E-state index contributed by atoms with van der Waals surface area (Å²) in [5, 5.41) is 2.35.